The molecule has 2 unspecified atom stereocenters. The predicted molar refractivity (Wildman–Crippen MR) is 149 cm³/mol. The van der Waals surface area contributed by atoms with Crippen LogP contribution in [0.1, 0.15) is 64.2 Å². The van der Waals surface area contributed by atoms with Gasteiger partial charge in [0.15, 0.2) is 6.17 Å². The fourth-order valence-corrected chi connectivity index (χ4v) is 6.36. The summed E-state index contributed by atoms with van der Waals surface area (Å²) in [5.41, 5.74) is 6.62. The highest BCUT2D eigenvalue weighted by Crippen LogP contribution is 2.38. The van der Waals surface area contributed by atoms with Crippen molar-refractivity contribution in [3.63, 3.8) is 0 Å². The third kappa shape index (κ3) is 5.29. The van der Waals surface area contributed by atoms with Crippen molar-refractivity contribution in [2.24, 2.45) is 11.8 Å². The van der Waals surface area contributed by atoms with Gasteiger partial charge in [0, 0.05) is 44.2 Å². The lowest BCUT2D eigenvalue weighted by Crippen LogP contribution is -2.46. The molecule has 1 aliphatic carbocycles. The van der Waals surface area contributed by atoms with Crippen molar-refractivity contribution in [2.45, 2.75) is 77.2 Å². The van der Waals surface area contributed by atoms with E-state index in [1.807, 2.05) is 12.1 Å². The number of ether oxygens (including phenoxy) is 1. The number of pyridine rings is 2. The van der Waals surface area contributed by atoms with Crippen LogP contribution in [0.3, 0.4) is 0 Å². The number of imidazole rings is 1. The van der Waals surface area contributed by atoms with Gasteiger partial charge in [0.25, 0.3) is 0 Å². The van der Waals surface area contributed by atoms with Crippen LogP contribution in [0.4, 0.5) is 10.7 Å². The van der Waals surface area contributed by atoms with Gasteiger partial charge in [-0.1, -0.05) is 31.4 Å². The molecule has 0 spiro atoms. The highest BCUT2D eigenvalue weighted by atomic mass is 35.5. The fraction of sp³-hybridized carbons (Fsp3) is 0.571. The second kappa shape index (κ2) is 10.9. The Morgan fingerprint density at radius 3 is 2.64 bits per heavy atom. The van der Waals surface area contributed by atoms with Crippen LogP contribution in [0.2, 0.25) is 5.02 Å². The van der Waals surface area contributed by atoms with Crippen molar-refractivity contribution in [2.75, 3.05) is 18.6 Å². The zero-order valence-corrected chi connectivity index (χ0v) is 23.4. The van der Waals surface area contributed by atoms with E-state index >= 15 is 0 Å². The number of carbonyl (C=O) groups is 1. The van der Waals surface area contributed by atoms with E-state index in [4.69, 9.17) is 31.1 Å². The lowest BCUT2D eigenvalue weighted by atomic mass is 9.83. The summed E-state index contributed by atoms with van der Waals surface area (Å²) in [4.78, 5) is 33.8. The van der Waals surface area contributed by atoms with Crippen molar-refractivity contribution < 1.29 is 14.4 Å². The van der Waals surface area contributed by atoms with Crippen LogP contribution in [0.25, 0.3) is 22.3 Å². The molecule has 2 saturated heterocycles. The summed E-state index contributed by atoms with van der Waals surface area (Å²) >= 11 is 6.39. The molecule has 1 amide bonds. The number of fused-ring (bicyclic) bond motifs is 1. The van der Waals surface area contributed by atoms with Crippen LogP contribution in [0.5, 0.6) is 0 Å². The van der Waals surface area contributed by atoms with E-state index in [1.165, 1.54) is 25.7 Å². The fourth-order valence-electron chi connectivity index (χ4n) is 6.18. The van der Waals surface area contributed by atoms with Gasteiger partial charge in [-0.15, -0.1) is 5.48 Å². The number of hydroxylamine groups is 1. The molecule has 208 valence electrons. The Balaban J connectivity index is 1.54. The Bertz CT molecular complexity index is 1360. The summed E-state index contributed by atoms with van der Waals surface area (Å²) in [5, 5.41) is 3.29. The number of carbonyl (C=O) groups excluding carboxylic acids is 1. The first-order valence-electron chi connectivity index (χ1n) is 13.9. The topological polar surface area (TPSA) is 106 Å². The van der Waals surface area contributed by atoms with E-state index in [0.717, 1.165) is 60.1 Å². The normalized spacial score (nSPS) is 27.5. The van der Waals surface area contributed by atoms with Crippen molar-refractivity contribution in [3.05, 3.63) is 35.2 Å². The first kappa shape index (κ1) is 26.3. The summed E-state index contributed by atoms with van der Waals surface area (Å²) in [6.07, 6.45) is 9.38. The number of amides is 1. The summed E-state index contributed by atoms with van der Waals surface area (Å²) in [6, 6.07) is 4.14. The van der Waals surface area contributed by atoms with Gasteiger partial charge < -0.3 is 19.0 Å². The number of rotatable bonds is 6. The second-order valence-electron chi connectivity index (χ2n) is 11.3. The highest BCUT2D eigenvalue weighted by molar-refractivity contribution is 6.30. The molecule has 5 heterocycles. The number of aromatic nitrogens is 4. The van der Waals surface area contributed by atoms with Gasteiger partial charge in [0.05, 0.1) is 33.5 Å². The first-order chi connectivity index (χ1) is 18.9. The van der Waals surface area contributed by atoms with E-state index in [2.05, 4.69) is 39.1 Å². The van der Waals surface area contributed by atoms with E-state index < -0.39 is 12.3 Å². The minimum absolute atomic E-state index is 0.158. The van der Waals surface area contributed by atoms with Gasteiger partial charge in [-0.05, 0) is 56.6 Å². The number of hydrogen-bond acceptors (Lipinski definition) is 8. The molecule has 3 atom stereocenters. The van der Waals surface area contributed by atoms with Crippen LogP contribution in [0, 0.1) is 11.8 Å². The number of hydrogen-bond donors (Lipinski definition) is 2. The zero-order chi connectivity index (χ0) is 27.1. The molecule has 0 aromatic carbocycles. The van der Waals surface area contributed by atoms with Crippen LogP contribution in [0.15, 0.2) is 24.5 Å². The number of halogens is 1. The van der Waals surface area contributed by atoms with Crippen molar-refractivity contribution >= 4 is 34.7 Å². The average Bonchev–Trinajstić information content (AvgIpc) is 3.53. The summed E-state index contributed by atoms with van der Waals surface area (Å²) in [6.45, 7) is 6.26. The standard InChI is InChI=1S/C28H36ClN7O3/c1-16-4-7-18(8-5-16)14-36-25-22(32-27(36)35-15-21(38-3)9-6-17(35)2)11-23(26-33-28(37)39-34-26)31-24(25)19-10-20(29)13-30-12-19/h10-13,16-18,21,26,34H,4-9,14-15H2,1-3H3,(H,33,37)/t16?,17-,18?,21?,26?/m1/s1. The smallest absolute Gasteiger partial charge is 0.380 e. The molecule has 1 saturated carbocycles. The van der Waals surface area contributed by atoms with Crippen LogP contribution in [-0.4, -0.2) is 51.4 Å². The number of nitrogens with zero attached hydrogens (tertiary/aromatic N) is 5. The molecule has 2 aliphatic heterocycles. The Morgan fingerprint density at radius 2 is 1.92 bits per heavy atom. The molecular formula is C28H36ClN7O3. The third-order valence-corrected chi connectivity index (χ3v) is 8.74. The molecule has 0 bridgehead atoms. The Morgan fingerprint density at radius 1 is 1.10 bits per heavy atom. The monoisotopic (exact) mass is 553 g/mol. The zero-order valence-electron chi connectivity index (χ0n) is 22.7. The molecule has 3 aliphatic rings. The Labute approximate surface area is 233 Å². The van der Waals surface area contributed by atoms with Crippen LogP contribution in [-0.2, 0) is 16.1 Å². The number of nitrogens with one attached hydrogen (secondary N) is 2. The molecule has 0 radical (unpaired) electrons. The molecule has 2 N–H and O–H groups in total. The lowest BCUT2D eigenvalue weighted by Gasteiger charge is -2.38. The molecule has 3 fully saturated rings. The number of piperidine rings is 1. The minimum atomic E-state index is -0.590. The van der Waals surface area contributed by atoms with Crippen LogP contribution >= 0.6 is 11.6 Å². The molecule has 39 heavy (non-hydrogen) atoms. The lowest BCUT2D eigenvalue weighted by molar-refractivity contribution is 0.0821. The summed E-state index contributed by atoms with van der Waals surface area (Å²) in [7, 11) is 1.79. The molecule has 3 aromatic heterocycles. The van der Waals surface area contributed by atoms with Gasteiger partial charge in [0.1, 0.15) is 0 Å². The summed E-state index contributed by atoms with van der Waals surface area (Å²) in [5.74, 6) is 2.27. The van der Waals surface area contributed by atoms with Gasteiger partial charge >= 0.3 is 6.09 Å². The maximum Gasteiger partial charge on any atom is 0.427 e. The predicted octanol–water partition coefficient (Wildman–Crippen LogP) is 5.22. The van der Waals surface area contributed by atoms with E-state index in [9.17, 15) is 4.79 Å². The SMILES string of the molecule is COC1CC[C@@H](C)N(c2nc3cc(C4NOC(=O)N4)nc(-c4cncc(Cl)c4)c3n2CC2CCC(C)CC2)C1. The van der Waals surface area contributed by atoms with E-state index in [0.29, 0.717) is 22.7 Å². The van der Waals surface area contributed by atoms with Crippen molar-refractivity contribution in [3.8, 4) is 11.3 Å². The summed E-state index contributed by atoms with van der Waals surface area (Å²) < 4.78 is 8.16. The van der Waals surface area contributed by atoms with E-state index in [1.54, 1.807) is 19.5 Å². The quantitative estimate of drug-likeness (QED) is 0.428. The van der Waals surface area contributed by atoms with Gasteiger partial charge in [-0.2, -0.15) is 0 Å². The number of methoxy groups -OCH3 is 1. The third-order valence-electron chi connectivity index (χ3n) is 8.54. The second-order valence-corrected chi connectivity index (χ2v) is 11.8. The van der Waals surface area contributed by atoms with Crippen LogP contribution < -0.4 is 15.7 Å². The Hall–Kier alpha value is -2.95. The van der Waals surface area contributed by atoms with Gasteiger partial charge in [0.2, 0.25) is 5.95 Å². The molecule has 3 aromatic rings. The number of anilines is 1. The molecule has 6 rings (SSSR count). The largest absolute Gasteiger partial charge is 0.427 e. The Kier molecular flexibility index (Phi) is 7.35. The molecular weight excluding hydrogens is 518 g/mol. The maximum atomic E-state index is 11.8. The first-order valence-corrected chi connectivity index (χ1v) is 14.3. The maximum absolute atomic E-state index is 11.8. The van der Waals surface area contributed by atoms with Gasteiger partial charge in [-0.25, -0.2) is 14.8 Å². The highest BCUT2D eigenvalue weighted by Gasteiger charge is 2.33. The molecule has 10 nitrogen and oxygen atoms in total. The minimum Gasteiger partial charge on any atom is -0.380 e. The molecule has 11 heteroatoms. The van der Waals surface area contributed by atoms with Crippen molar-refractivity contribution in [1.82, 2.24) is 30.3 Å². The average molecular weight is 554 g/mol. The van der Waals surface area contributed by atoms with Crippen molar-refractivity contribution in [1.29, 1.82) is 0 Å². The van der Waals surface area contributed by atoms with Gasteiger partial charge in [-0.3, -0.25) is 10.3 Å². The van der Waals surface area contributed by atoms with E-state index in [-0.39, 0.29) is 6.10 Å².